The average molecular weight is 364 g/mol. The van der Waals surface area contributed by atoms with Gasteiger partial charge in [-0.2, -0.15) is 0 Å². The van der Waals surface area contributed by atoms with Crippen LogP contribution in [0.1, 0.15) is 18.1 Å². The molecule has 7 heteroatoms. The van der Waals surface area contributed by atoms with Crippen molar-refractivity contribution >= 4 is 29.7 Å². The molecule has 0 radical (unpaired) electrons. The summed E-state index contributed by atoms with van der Waals surface area (Å²) in [5, 5.41) is 10.8. The number of benzene rings is 2. The van der Waals surface area contributed by atoms with Gasteiger partial charge in [-0.05, 0) is 30.7 Å². The minimum atomic E-state index is -0.569. The second kappa shape index (κ2) is 8.09. The number of non-ortho nitro benzene ring substituents is 1. The molecule has 1 aliphatic heterocycles. The Morgan fingerprint density at radius 2 is 2.00 bits per heavy atom. The van der Waals surface area contributed by atoms with Gasteiger partial charge in [-0.25, -0.2) is 9.79 Å². The van der Waals surface area contributed by atoms with Crippen LogP contribution in [-0.4, -0.2) is 23.4 Å². The Balaban J connectivity index is 1.82. The SMILES string of the molecule is CCOc1ccccc1/C=C1N=C(/C=C\c2cccc([N+](=O)[O-])c2)OC/1=O. The summed E-state index contributed by atoms with van der Waals surface area (Å²) in [7, 11) is 0. The van der Waals surface area contributed by atoms with Gasteiger partial charge in [0.25, 0.3) is 5.69 Å². The van der Waals surface area contributed by atoms with E-state index in [1.165, 1.54) is 18.2 Å². The van der Waals surface area contributed by atoms with Crippen molar-refractivity contribution in [2.45, 2.75) is 6.92 Å². The molecule has 2 aromatic rings. The number of hydrogen-bond acceptors (Lipinski definition) is 6. The fourth-order valence-corrected chi connectivity index (χ4v) is 2.44. The Labute approximate surface area is 155 Å². The van der Waals surface area contributed by atoms with Crippen molar-refractivity contribution in [1.29, 1.82) is 0 Å². The van der Waals surface area contributed by atoms with E-state index in [1.54, 1.807) is 24.3 Å². The predicted molar refractivity (Wildman–Crippen MR) is 101 cm³/mol. The van der Waals surface area contributed by atoms with E-state index < -0.39 is 10.9 Å². The molecule has 27 heavy (non-hydrogen) atoms. The topological polar surface area (TPSA) is 91.0 Å². The predicted octanol–water partition coefficient (Wildman–Crippen LogP) is 4.00. The van der Waals surface area contributed by atoms with Gasteiger partial charge in [0.1, 0.15) is 5.75 Å². The van der Waals surface area contributed by atoms with Crippen LogP contribution in [-0.2, 0) is 9.53 Å². The number of ether oxygens (including phenoxy) is 2. The molecule has 0 aromatic heterocycles. The summed E-state index contributed by atoms with van der Waals surface area (Å²) in [6.07, 6.45) is 4.68. The lowest BCUT2D eigenvalue weighted by atomic mass is 10.1. The summed E-state index contributed by atoms with van der Waals surface area (Å²) in [4.78, 5) is 26.6. The Kier molecular flexibility index (Phi) is 5.41. The van der Waals surface area contributed by atoms with Crippen molar-refractivity contribution in [1.82, 2.24) is 0 Å². The van der Waals surface area contributed by atoms with Crippen molar-refractivity contribution in [3.8, 4) is 5.75 Å². The third kappa shape index (κ3) is 4.46. The number of para-hydroxylation sites is 1. The molecule has 0 atom stereocenters. The van der Waals surface area contributed by atoms with E-state index in [0.717, 1.165) is 5.56 Å². The van der Waals surface area contributed by atoms with Crippen LogP contribution in [0.15, 0.2) is 65.3 Å². The molecule has 1 aliphatic rings. The zero-order valence-corrected chi connectivity index (χ0v) is 14.5. The van der Waals surface area contributed by atoms with Crippen LogP contribution >= 0.6 is 0 Å². The number of aliphatic imine (C=N–C) groups is 1. The molecule has 0 spiro atoms. The number of esters is 1. The summed E-state index contributed by atoms with van der Waals surface area (Å²) in [6.45, 7) is 2.38. The maximum absolute atomic E-state index is 12.0. The molecule has 0 N–H and O–H groups in total. The molecule has 0 unspecified atom stereocenters. The number of nitro benzene ring substituents is 1. The second-order valence-corrected chi connectivity index (χ2v) is 5.53. The number of nitro groups is 1. The summed E-state index contributed by atoms with van der Waals surface area (Å²) >= 11 is 0. The van der Waals surface area contributed by atoms with Gasteiger partial charge < -0.3 is 9.47 Å². The lowest BCUT2D eigenvalue weighted by Crippen LogP contribution is -2.01. The smallest absolute Gasteiger partial charge is 0.363 e. The zero-order chi connectivity index (χ0) is 19.2. The Bertz CT molecular complexity index is 976. The standard InChI is InChI=1S/C20H16N2O5/c1-2-26-18-9-4-3-7-15(18)13-17-20(23)27-19(21-17)11-10-14-6-5-8-16(12-14)22(24)25/h3-13H,2H2,1H3/b11-10-,17-13+. The van der Waals surface area contributed by atoms with Crippen LogP contribution < -0.4 is 4.74 Å². The summed E-state index contributed by atoms with van der Waals surface area (Å²) in [5.41, 5.74) is 1.46. The number of nitrogens with zero attached hydrogens (tertiary/aromatic N) is 2. The molecule has 2 aromatic carbocycles. The molecule has 0 fully saturated rings. The van der Waals surface area contributed by atoms with E-state index in [2.05, 4.69) is 4.99 Å². The van der Waals surface area contributed by atoms with E-state index in [-0.39, 0.29) is 17.3 Å². The molecule has 0 saturated carbocycles. The van der Waals surface area contributed by atoms with Crippen LogP contribution in [0, 0.1) is 10.1 Å². The number of hydrogen-bond donors (Lipinski definition) is 0. The van der Waals surface area contributed by atoms with Crippen LogP contribution in [0.5, 0.6) is 5.75 Å². The van der Waals surface area contributed by atoms with Crippen molar-refractivity contribution in [3.63, 3.8) is 0 Å². The monoisotopic (exact) mass is 364 g/mol. The number of rotatable bonds is 6. The van der Waals surface area contributed by atoms with Gasteiger partial charge in [-0.1, -0.05) is 30.3 Å². The van der Waals surface area contributed by atoms with Gasteiger partial charge in [0.2, 0.25) is 5.90 Å². The van der Waals surface area contributed by atoms with Gasteiger partial charge in [-0.15, -0.1) is 0 Å². The molecule has 0 aliphatic carbocycles. The maximum atomic E-state index is 12.0. The normalized spacial score (nSPS) is 15.1. The summed E-state index contributed by atoms with van der Waals surface area (Å²) in [6, 6.07) is 13.4. The van der Waals surface area contributed by atoms with E-state index in [1.807, 2.05) is 31.2 Å². The molecule has 0 saturated heterocycles. The highest BCUT2D eigenvalue weighted by Gasteiger charge is 2.21. The van der Waals surface area contributed by atoms with Crippen LogP contribution in [0.2, 0.25) is 0 Å². The van der Waals surface area contributed by atoms with Gasteiger partial charge in [0.05, 0.1) is 11.5 Å². The number of carbonyl (C=O) groups excluding carboxylic acids is 1. The fourth-order valence-electron chi connectivity index (χ4n) is 2.44. The van der Waals surface area contributed by atoms with Crippen molar-refractivity contribution in [2.24, 2.45) is 4.99 Å². The van der Waals surface area contributed by atoms with Gasteiger partial charge in [0, 0.05) is 23.8 Å². The first-order valence-electron chi connectivity index (χ1n) is 8.23. The number of carbonyl (C=O) groups is 1. The quantitative estimate of drug-likeness (QED) is 0.334. The van der Waals surface area contributed by atoms with Gasteiger partial charge in [0.15, 0.2) is 5.70 Å². The van der Waals surface area contributed by atoms with E-state index in [0.29, 0.717) is 17.9 Å². The lowest BCUT2D eigenvalue weighted by molar-refractivity contribution is -0.384. The van der Waals surface area contributed by atoms with E-state index >= 15 is 0 Å². The van der Waals surface area contributed by atoms with E-state index in [4.69, 9.17) is 9.47 Å². The molecular weight excluding hydrogens is 348 g/mol. The Morgan fingerprint density at radius 1 is 1.19 bits per heavy atom. The molecular formula is C20H16N2O5. The molecule has 7 nitrogen and oxygen atoms in total. The molecule has 1 heterocycles. The first-order chi connectivity index (χ1) is 13.1. The van der Waals surface area contributed by atoms with Crippen molar-refractivity contribution in [2.75, 3.05) is 6.61 Å². The van der Waals surface area contributed by atoms with Gasteiger partial charge >= 0.3 is 5.97 Å². The zero-order valence-electron chi connectivity index (χ0n) is 14.5. The Morgan fingerprint density at radius 3 is 2.78 bits per heavy atom. The first kappa shape index (κ1) is 18.1. The maximum Gasteiger partial charge on any atom is 0.363 e. The van der Waals surface area contributed by atoms with Crippen LogP contribution in [0.25, 0.3) is 12.2 Å². The van der Waals surface area contributed by atoms with Crippen LogP contribution in [0.4, 0.5) is 5.69 Å². The highest BCUT2D eigenvalue weighted by molar-refractivity contribution is 6.11. The molecule has 0 bridgehead atoms. The van der Waals surface area contributed by atoms with Crippen molar-refractivity contribution in [3.05, 3.63) is 81.5 Å². The van der Waals surface area contributed by atoms with Crippen LogP contribution in [0.3, 0.4) is 0 Å². The highest BCUT2D eigenvalue weighted by atomic mass is 16.6. The fraction of sp³-hybridized carbons (Fsp3) is 0.100. The molecule has 136 valence electrons. The Hall–Kier alpha value is -3.74. The second-order valence-electron chi connectivity index (χ2n) is 5.53. The third-order valence-corrected chi connectivity index (χ3v) is 3.65. The minimum absolute atomic E-state index is 0.0179. The average Bonchev–Trinajstić information content (AvgIpc) is 3.01. The van der Waals surface area contributed by atoms with Gasteiger partial charge in [-0.3, -0.25) is 10.1 Å². The minimum Gasteiger partial charge on any atom is -0.493 e. The number of cyclic esters (lactones) is 1. The van der Waals surface area contributed by atoms with E-state index in [9.17, 15) is 14.9 Å². The largest absolute Gasteiger partial charge is 0.493 e. The van der Waals surface area contributed by atoms with Crippen molar-refractivity contribution < 1.29 is 19.2 Å². The third-order valence-electron chi connectivity index (χ3n) is 3.65. The lowest BCUT2D eigenvalue weighted by Gasteiger charge is -2.06. The molecule has 3 rings (SSSR count). The first-order valence-corrected chi connectivity index (χ1v) is 8.23. The highest BCUT2D eigenvalue weighted by Crippen LogP contribution is 2.24. The summed E-state index contributed by atoms with van der Waals surface area (Å²) in [5.74, 6) is 0.197. The summed E-state index contributed by atoms with van der Waals surface area (Å²) < 4.78 is 10.7. The molecule has 0 amide bonds.